The van der Waals surface area contributed by atoms with Crippen LogP contribution in [0.25, 0.3) is 16.9 Å². The first-order chi connectivity index (χ1) is 16.6. The van der Waals surface area contributed by atoms with Gasteiger partial charge in [0.1, 0.15) is 4.90 Å². The van der Waals surface area contributed by atoms with Crippen LogP contribution in [0.2, 0.25) is 0 Å². The molecule has 1 saturated carbocycles. The Kier molecular flexibility index (Phi) is 5.71. The third-order valence-electron chi connectivity index (χ3n) is 6.73. The summed E-state index contributed by atoms with van der Waals surface area (Å²) in [5, 5.41) is 0. The summed E-state index contributed by atoms with van der Waals surface area (Å²) in [5.41, 5.74) is 3.54. The van der Waals surface area contributed by atoms with E-state index in [1.165, 1.54) is 0 Å². The minimum atomic E-state index is -3.74. The van der Waals surface area contributed by atoms with E-state index in [1.807, 2.05) is 30.4 Å². The molecular weight excluding hydrogens is 466 g/mol. The maximum absolute atomic E-state index is 13.4. The molecule has 11 heteroatoms. The van der Waals surface area contributed by atoms with Crippen molar-refractivity contribution >= 4 is 27.4 Å². The fraction of sp³-hybridized carbons (Fsp3) is 0.458. The lowest BCUT2D eigenvalue weighted by Gasteiger charge is -2.37. The molecule has 3 aromatic heterocycles. The molecule has 0 atom stereocenters. The predicted molar refractivity (Wildman–Crippen MR) is 134 cm³/mol. The molecule has 0 spiro atoms. The fourth-order valence-corrected chi connectivity index (χ4v) is 5.83. The molecule has 1 N–H and O–H groups in total. The van der Waals surface area contributed by atoms with E-state index in [-0.39, 0.29) is 16.5 Å². The Hall–Kier alpha value is -3.18. The number of sulfonamides is 1. The van der Waals surface area contributed by atoms with Crippen LogP contribution in [0.4, 0.5) is 10.5 Å². The summed E-state index contributed by atoms with van der Waals surface area (Å²) in [5.74, 6) is 0. The van der Waals surface area contributed by atoms with Crippen LogP contribution in [0.5, 0.6) is 0 Å². The topological polar surface area (TPSA) is 103 Å². The van der Waals surface area contributed by atoms with Crippen LogP contribution in [0.15, 0.2) is 41.7 Å². The quantitative estimate of drug-likeness (QED) is 0.580. The van der Waals surface area contributed by atoms with Gasteiger partial charge in [0.15, 0.2) is 5.65 Å². The van der Waals surface area contributed by atoms with Crippen LogP contribution < -0.4 is 9.62 Å². The van der Waals surface area contributed by atoms with Gasteiger partial charge in [-0.05, 0) is 44.9 Å². The highest BCUT2D eigenvalue weighted by atomic mass is 32.2. The summed E-state index contributed by atoms with van der Waals surface area (Å²) in [7, 11) is -0.255. The number of carbonyl (C=O) groups is 1. The zero-order chi connectivity index (χ0) is 25.0. The molecule has 2 aliphatic rings. The third-order valence-corrected chi connectivity index (χ3v) is 8.34. The van der Waals surface area contributed by atoms with Gasteiger partial charge in [-0.3, -0.25) is 9.38 Å². The molecule has 1 aliphatic heterocycles. The van der Waals surface area contributed by atoms with Crippen molar-refractivity contribution in [1.29, 1.82) is 0 Å². The molecule has 0 bridgehead atoms. The maximum atomic E-state index is 13.4. The Labute approximate surface area is 205 Å². The van der Waals surface area contributed by atoms with Crippen molar-refractivity contribution in [1.82, 2.24) is 28.9 Å². The average Bonchev–Trinajstić information content (AvgIpc) is 3.38. The largest absolute Gasteiger partial charge is 0.365 e. The summed E-state index contributed by atoms with van der Waals surface area (Å²) in [4.78, 5) is 27.1. The lowest BCUT2D eigenvalue weighted by Crippen LogP contribution is -2.51. The van der Waals surface area contributed by atoms with Crippen molar-refractivity contribution in [3.05, 3.63) is 42.5 Å². The fourth-order valence-electron chi connectivity index (χ4n) is 4.35. The van der Waals surface area contributed by atoms with Gasteiger partial charge in [0.05, 0.1) is 17.6 Å². The van der Waals surface area contributed by atoms with E-state index in [1.54, 1.807) is 48.6 Å². The molecule has 1 aliphatic carbocycles. The Morgan fingerprint density at radius 2 is 1.80 bits per heavy atom. The molecule has 186 valence electrons. The number of rotatable bonds is 5. The standard InChI is InChI=1S/C24H31N7O3S/c1-17-5-6-18(14-25-17)21-15-26-22-20(29-9-11-30(12-10-29)23(32)28(3)4)13-19(16-31(21)22)35(33,34)27-24(2)7-8-24/h5-6,13-16,27H,7-12H2,1-4H3. The van der Waals surface area contributed by atoms with Crippen LogP contribution in [-0.2, 0) is 10.0 Å². The van der Waals surface area contributed by atoms with Crippen molar-refractivity contribution in [2.24, 2.45) is 0 Å². The Balaban J connectivity index is 1.57. The summed E-state index contributed by atoms with van der Waals surface area (Å²) in [6, 6.07) is 5.56. The number of pyridine rings is 2. The van der Waals surface area contributed by atoms with Crippen molar-refractivity contribution in [2.45, 2.75) is 37.1 Å². The average molecular weight is 498 g/mol. The number of amides is 2. The minimum Gasteiger partial charge on any atom is -0.365 e. The number of aromatic nitrogens is 3. The molecule has 1 saturated heterocycles. The van der Waals surface area contributed by atoms with E-state index < -0.39 is 10.0 Å². The highest BCUT2D eigenvalue weighted by Crippen LogP contribution is 2.37. The molecule has 4 heterocycles. The second kappa shape index (κ2) is 8.49. The second-order valence-corrected chi connectivity index (χ2v) is 11.6. The number of anilines is 1. The van der Waals surface area contributed by atoms with Crippen molar-refractivity contribution < 1.29 is 13.2 Å². The number of hydrogen-bond donors (Lipinski definition) is 1. The Morgan fingerprint density at radius 3 is 2.40 bits per heavy atom. The van der Waals surface area contributed by atoms with Crippen LogP contribution in [0.3, 0.4) is 0 Å². The molecule has 2 amide bonds. The molecule has 0 aromatic carbocycles. The number of piperazine rings is 1. The first-order valence-corrected chi connectivity index (χ1v) is 13.2. The smallest absolute Gasteiger partial charge is 0.319 e. The van der Waals surface area contributed by atoms with Gasteiger partial charge in [-0.1, -0.05) is 0 Å². The van der Waals surface area contributed by atoms with E-state index in [0.717, 1.165) is 35.5 Å². The summed E-state index contributed by atoms with van der Waals surface area (Å²) < 4.78 is 31.4. The number of imidazole rings is 1. The van der Waals surface area contributed by atoms with Crippen molar-refractivity contribution in [3.8, 4) is 11.3 Å². The summed E-state index contributed by atoms with van der Waals surface area (Å²) >= 11 is 0. The molecular formula is C24H31N7O3S. The van der Waals surface area contributed by atoms with Crippen LogP contribution in [0, 0.1) is 6.92 Å². The van der Waals surface area contributed by atoms with Crippen molar-refractivity contribution in [2.75, 3.05) is 45.2 Å². The molecule has 3 aromatic rings. The van der Waals surface area contributed by atoms with Gasteiger partial charge in [-0.2, -0.15) is 0 Å². The summed E-state index contributed by atoms with van der Waals surface area (Å²) in [6.45, 7) is 6.10. The number of fused-ring (bicyclic) bond motifs is 1. The van der Waals surface area contributed by atoms with Gasteiger partial charge in [0, 0.05) is 69.5 Å². The number of nitrogens with zero attached hydrogens (tertiary/aromatic N) is 6. The van der Waals surface area contributed by atoms with Crippen LogP contribution in [0.1, 0.15) is 25.5 Å². The normalized spacial score (nSPS) is 17.6. The number of urea groups is 1. The summed E-state index contributed by atoms with van der Waals surface area (Å²) in [6.07, 6.45) is 6.82. The zero-order valence-corrected chi connectivity index (χ0v) is 21.3. The second-order valence-electron chi connectivity index (χ2n) is 9.90. The first kappa shape index (κ1) is 23.6. The van der Waals surface area contributed by atoms with E-state index in [4.69, 9.17) is 0 Å². The highest BCUT2D eigenvalue weighted by molar-refractivity contribution is 7.89. The minimum absolute atomic E-state index is 0.0250. The molecule has 0 radical (unpaired) electrons. The van der Waals surface area contributed by atoms with Gasteiger partial charge in [-0.15, -0.1) is 0 Å². The van der Waals surface area contributed by atoms with E-state index in [0.29, 0.717) is 31.8 Å². The number of carbonyl (C=O) groups excluding carboxylic acids is 1. The Morgan fingerprint density at radius 1 is 1.09 bits per heavy atom. The lowest BCUT2D eigenvalue weighted by atomic mass is 10.2. The maximum Gasteiger partial charge on any atom is 0.319 e. The van der Waals surface area contributed by atoms with E-state index >= 15 is 0 Å². The van der Waals surface area contributed by atoms with Gasteiger partial charge < -0.3 is 14.7 Å². The molecule has 35 heavy (non-hydrogen) atoms. The van der Waals surface area contributed by atoms with Gasteiger partial charge in [-0.25, -0.2) is 22.9 Å². The highest BCUT2D eigenvalue weighted by Gasteiger charge is 2.41. The molecule has 10 nitrogen and oxygen atoms in total. The third kappa shape index (κ3) is 4.57. The monoisotopic (exact) mass is 497 g/mol. The van der Waals surface area contributed by atoms with Crippen LogP contribution >= 0.6 is 0 Å². The predicted octanol–water partition coefficient (Wildman–Crippen LogP) is 2.34. The SMILES string of the molecule is Cc1ccc(-c2cnc3c(N4CCN(C(=O)N(C)C)CC4)cc(S(=O)(=O)NC4(C)CC4)cn23)cn1. The van der Waals surface area contributed by atoms with Gasteiger partial charge in [0.25, 0.3) is 0 Å². The number of nitrogens with one attached hydrogen (secondary N) is 1. The lowest BCUT2D eigenvalue weighted by molar-refractivity contribution is 0.168. The van der Waals surface area contributed by atoms with E-state index in [9.17, 15) is 13.2 Å². The zero-order valence-electron chi connectivity index (χ0n) is 20.5. The number of aryl methyl sites for hydroxylation is 1. The number of hydrogen-bond acceptors (Lipinski definition) is 6. The van der Waals surface area contributed by atoms with Crippen molar-refractivity contribution in [3.63, 3.8) is 0 Å². The van der Waals surface area contributed by atoms with Gasteiger partial charge >= 0.3 is 6.03 Å². The first-order valence-electron chi connectivity index (χ1n) is 11.8. The van der Waals surface area contributed by atoms with E-state index in [2.05, 4.69) is 19.6 Å². The van der Waals surface area contributed by atoms with Gasteiger partial charge in [0.2, 0.25) is 10.0 Å². The Bertz CT molecular complexity index is 1370. The molecule has 2 fully saturated rings. The van der Waals surface area contributed by atoms with Crippen LogP contribution in [-0.4, -0.2) is 84.4 Å². The molecule has 5 rings (SSSR count). The molecule has 0 unspecified atom stereocenters.